The van der Waals surface area contributed by atoms with E-state index in [1.165, 1.54) is 27.8 Å². The summed E-state index contributed by atoms with van der Waals surface area (Å²) in [6.45, 7) is 4.33. The fourth-order valence-electron chi connectivity index (χ4n) is 7.58. The summed E-state index contributed by atoms with van der Waals surface area (Å²) in [7, 11) is 0. The Morgan fingerprint density at radius 3 is 1.07 bits per heavy atom. The molecule has 57 heavy (non-hydrogen) atoms. The van der Waals surface area contributed by atoms with Crippen LogP contribution >= 0.6 is 0 Å². The predicted molar refractivity (Wildman–Crippen MR) is 233 cm³/mol. The lowest BCUT2D eigenvalue weighted by Gasteiger charge is -2.32. The van der Waals surface area contributed by atoms with Crippen LogP contribution in [-0.4, -0.2) is 19.9 Å². The summed E-state index contributed by atoms with van der Waals surface area (Å²) < 4.78 is 0. The lowest BCUT2D eigenvalue weighted by molar-refractivity contribution is 0.693. The van der Waals surface area contributed by atoms with Crippen molar-refractivity contribution in [1.82, 2.24) is 19.9 Å². The van der Waals surface area contributed by atoms with Crippen LogP contribution in [0.3, 0.4) is 0 Å². The third kappa shape index (κ3) is 7.29. The number of aryl methyl sites for hydroxylation is 1. The molecule has 0 amide bonds. The molecule has 0 aliphatic heterocycles. The maximum Gasteiger partial charge on any atom is 0.160 e. The zero-order valence-corrected chi connectivity index (χ0v) is 31.9. The van der Waals surface area contributed by atoms with Crippen LogP contribution in [0.1, 0.15) is 29.3 Å². The zero-order valence-electron chi connectivity index (χ0n) is 31.9. The van der Waals surface area contributed by atoms with Crippen LogP contribution in [0.2, 0.25) is 0 Å². The minimum Gasteiger partial charge on any atom is -0.233 e. The molecule has 9 aromatic rings. The summed E-state index contributed by atoms with van der Waals surface area (Å²) in [5.41, 5.74) is 14.2. The summed E-state index contributed by atoms with van der Waals surface area (Å²) in [5, 5.41) is 0. The Morgan fingerprint density at radius 1 is 0.298 bits per heavy atom. The van der Waals surface area contributed by atoms with Crippen LogP contribution in [0.25, 0.3) is 67.7 Å². The van der Waals surface area contributed by atoms with Crippen molar-refractivity contribution >= 4 is 0 Å². The van der Waals surface area contributed by atoms with Crippen molar-refractivity contribution in [2.45, 2.75) is 19.3 Å². The second-order valence-corrected chi connectivity index (χ2v) is 14.5. The highest BCUT2D eigenvalue weighted by Gasteiger charge is 2.31. The van der Waals surface area contributed by atoms with Crippen molar-refractivity contribution in [3.8, 4) is 67.7 Å². The molecule has 2 heterocycles. The molecule has 0 fully saturated rings. The van der Waals surface area contributed by atoms with E-state index in [0.29, 0.717) is 5.82 Å². The van der Waals surface area contributed by atoms with Gasteiger partial charge in [0.15, 0.2) is 11.6 Å². The number of benzene rings is 7. The Bertz CT molecular complexity index is 2750. The second kappa shape index (κ2) is 15.4. The molecule has 0 N–H and O–H groups in total. The van der Waals surface area contributed by atoms with Gasteiger partial charge in [-0.2, -0.15) is 0 Å². The number of rotatable bonds is 9. The van der Waals surface area contributed by atoms with E-state index >= 15 is 0 Å². The van der Waals surface area contributed by atoms with E-state index in [0.717, 1.165) is 56.4 Å². The van der Waals surface area contributed by atoms with Gasteiger partial charge in [0.1, 0.15) is 0 Å². The SMILES string of the molecule is Cc1cc(-c2ccc(C(C)(c3ccccc3)c3ccc(-c4cc(-c5ccc(-c6ccccc6)cc5)nc(-c5ccccc5)n4)cc3)cc2)nc(-c2ccccc2)n1. The van der Waals surface area contributed by atoms with Crippen LogP contribution in [0.15, 0.2) is 206 Å². The van der Waals surface area contributed by atoms with E-state index in [9.17, 15) is 0 Å². The highest BCUT2D eigenvalue weighted by Crippen LogP contribution is 2.40. The molecule has 272 valence electrons. The fourth-order valence-corrected chi connectivity index (χ4v) is 7.58. The molecule has 2 aromatic heterocycles. The molecule has 4 heteroatoms. The van der Waals surface area contributed by atoms with Crippen LogP contribution in [-0.2, 0) is 5.41 Å². The summed E-state index contributed by atoms with van der Waals surface area (Å²) in [5.74, 6) is 1.43. The van der Waals surface area contributed by atoms with Crippen molar-refractivity contribution in [2.24, 2.45) is 0 Å². The molecular weight excluding hydrogens is 693 g/mol. The number of nitrogens with zero attached hydrogens (tertiary/aromatic N) is 4. The first-order valence-corrected chi connectivity index (χ1v) is 19.3. The lowest BCUT2D eigenvalue weighted by atomic mass is 9.71. The van der Waals surface area contributed by atoms with Gasteiger partial charge in [0.05, 0.1) is 17.1 Å². The average Bonchev–Trinajstić information content (AvgIpc) is 3.30. The highest BCUT2D eigenvalue weighted by atomic mass is 14.9. The first-order chi connectivity index (χ1) is 28.0. The molecule has 0 aliphatic carbocycles. The molecular formula is C53H40N4. The normalized spacial score (nSPS) is 12.2. The Kier molecular flexibility index (Phi) is 9.59. The Labute approximate surface area is 334 Å². The summed E-state index contributed by atoms with van der Waals surface area (Å²) in [4.78, 5) is 19.9. The lowest BCUT2D eigenvalue weighted by Crippen LogP contribution is -2.25. The van der Waals surface area contributed by atoms with Crippen molar-refractivity contribution in [1.29, 1.82) is 0 Å². The average molecular weight is 733 g/mol. The third-order valence-electron chi connectivity index (χ3n) is 10.8. The minimum absolute atomic E-state index is 0.429. The van der Waals surface area contributed by atoms with Gasteiger partial charge in [-0.1, -0.05) is 194 Å². The van der Waals surface area contributed by atoms with E-state index in [4.69, 9.17) is 19.9 Å². The fraction of sp³-hybridized carbons (Fsp3) is 0.0566. The molecule has 9 rings (SSSR count). The molecule has 1 unspecified atom stereocenters. The van der Waals surface area contributed by atoms with Gasteiger partial charge in [-0.25, -0.2) is 19.9 Å². The molecule has 4 nitrogen and oxygen atoms in total. The van der Waals surface area contributed by atoms with Gasteiger partial charge < -0.3 is 0 Å². The molecule has 0 saturated heterocycles. The maximum atomic E-state index is 5.12. The number of hydrogen-bond acceptors (Lipinski definition) is 4. The van der Waals surface area contributed by atoms with E-state index < -0.39 is 5.41 Å². The van der Waals surface area contributed by atoms with E-state index in [2.05, 4.69) is 171 Å². The molecule has 0 aliphatic rings. The van der Waals surface area contributed by atoms with Crippen molar-refractivity contribution in [3.05, 3.63) is 229 Å². The Hall–Kier alpha value is -7.30. The maximum absolute atomic E-state index is 5.12. The van der Waals surface area contributed by atoms with Gasteiger partial charge in [-0.3, -0.25) is 0 Å². The highest BCUT2D eigenvalue weighted by molar-refractivity contribution is 5.74. The second-order valence-electron chi connectivity index (χ2n) is 14.5. The zero-order chi connectivity index (χ0) is 38.6. The van der Waals surface area contributed by atoms with Crippen LogP contribution in [0, 0.1) is 6.92 Å². The molecule has 0 saturated carbocycles. The molecule has 7 aromatic carbocycles. The van der Waals surface area contributed by atoms with Gasteiger partial charge in [0.2, 0.25) is 0 Å². The van der Waals surface area contributed by atoms with Gasteiger partial charge in [-0.15, -0.1) is 0 Å². The van der Waals surface area contributed by atoms with E-state index in [-0.39, 0.29) is 0 Å². The molecule has 0 spiro atoms. The molecule has 0 bridgehead atoms. The van der Waals surface area contributed by atoms with E-state index in [1.54, 1.807) is 0 Å². The summed E-state index contributed by atoms with van der Waals surface area (Å²) in [6.07, 6.45) is 0. The molecule has 1 atom stereocenters. The Balaban J connectivity index is 1.08. The largest absolute Gasteiger partial charge is 0.233 e. The topological polar surface area (TPSA) is 51.6 Å². The van der Waals surface area contributed by atoms with Crippen molar-refractivity contribution in [3.63, 3.8) is 0 Å². The van der Waals surface area contributed by atoms with Gasteiger partial charge in [0, 0.05) is 38.9 Å². The molecule has 0 radical (unpaired) electrons. The quantitative estimate of drug-likeness (QED) is 0.139. The smallest absolute Gasteiger partial charge is 0.160 e. The van der Waals surface area contributed by atoms with Gasteiger partial charge in [-0.05, 0) is 53.8 Å². The first kappa shape index (κ1) is 35.4. The monoisotopic (exact) mass is 732 g/mol. The van der Waals surface area contributed by atoms with Crippen LogP contribution < -0.4 is 0 Å². The van der Waals surface area contributed by atoms with Crippen LogP contribution in [0.4, 0.5) is 0 Å². The van der Waals surface area contributed by atoms with Crippen molar-refractivity contribution in [2.75, 3.05) is 0 Å². The first-order valence-electron chi connectivity index (χ1n) is 19.3. The third-order valence-corrected chi connectivity index (χ3v) is 10.8. The Morgan fingerprint density at radius 2 is 0.614 bits per heavy atom. The van der Waals surface area contributed by atoms with E-state index in [1.807, 2.05) is 49.4 Å². The van der Waals surface area contributed by atoms with Crippen LogP contribution in [0.5, 0.6) is 0 Å². The number of aromatic nitrogens is 4. The van der Waals surface area contributed by atoms with Gasteiger partial charge >= 0.3 is 0 Å². The minimum atomic E-state index is -0.429. The van der Waals surface area contributed by atoms with Crippen molar-refractivity contribution < 1.29 is 0 Å². The predicted octanol–water partition coefficient (Wildman–Crippen LogP) is 12.9. The number of hydrogen-bond donors (Lipinski definition) is 0. The summed E-state index contributed by atoms with van der Waals surface area (Å²) >= 11 is 0. The van der Waals surface area contributed by atoms with Gasteiger partial charge in [0.25, 0.3) is 0 Å². The standard InChI is InChI=1S/C53H40N4/c1-37-35-48(55-51(54-37)43-17-9-4-10-18-43)41-27-31-46(32-28-41)53(2,45-21-13-6-14-22-45)47-33-29-42(30-34-47)50-36-49(56-52(57-50)44-19-11-5-12-20-44)40-25-23-39(24-26-40)38-15-7-3-8-16-38/h3-36H,1-2H3. The summed E-state index contributed by atoms with van der Waals surface area (Å²) in [6, 6.07) is 72.0.